The number of halogens is 1. The zero-order valence-electron chi connectivity index (χ0n) is 9.07. The number of hydrogen-bond acceptors (Lipinski definition) is 4. The predicted molar refractivity (Wildman–Crippen MR) is 71.8 cm³/mol. The van der Waals surface area contributed by atoms with E-state index < -0.39 is 0 Å². The highest BCUT2D eigenvalue weighted by Gasteiger charge is 2.19. The average molecular weight is 291 g/mol. The molecule has 0 radical (unpaired) electrons. The van der Waals surface area contributed by atoms with Crippen molar-refractivity contribution in [3.05, 3.63) is 34.3 Å². The van der Waals surface area contributed by atoms with Crippen LogP contribution in [0.1, 0.15) is 5.56 Å². The van der Waals surface area contributed by atoms with E-state index in [9.17, 15) is 0 Å². The van der Waals surface area contributed by atoms with Crippen molar-refractivity contribution in [1.29, 1.82) is 0 Å². The van der Waals surface area contributed by atoms with E-state index in [1.165, 1.54) is 0 Å². The molecule has 1 aliphatic rings. The number of hydrogen-bond donors (Lipinski definition) is 2. The molecule has 86 valence electrons. The van der Waals surface area contributed by atoms with E-state index >= 15 is 0 Å². The lowest BCUT2D eigenvalue weighted by Crippen LogP contribution is -2.01. The number of nitrogens with two attached hydrogens (primary N) is 1. The van der Waals surface area contributed by atoms with Crippen LogP contribution in [-0.2, 0) is 6.42 Å². The topological polar surface area (TPSA) is 63.8 Å². The summed E-state index contributed by atoms with van der Waals surface area (Å²) in [5, 5.41) is 3.22. The van der Waals surface area contributed by atoms with Crippen LogP contribution in [0.4, 0.5) is 11.8 Å². The highest BCUT2D eigenvalue weighted by Crippen LogP contribution is 2.31. The number of rotatable bonds is 1. The molecular weight excluding hydrogens is 280 g/mol. The Labute approximate surface area is 107 Å². The largest absolute Gasteiger partial charge is 0.369 e. The molecule has 0 amide bonds. The number of benzene rings is 1. The van der Waals surface area contributed by atoms with Gasteiger partial charge in [0.25, 0.3) is 0 Å². The zero-order valence-corrected chi connectivity index (χ0v) is 10.7. The Bertz CT molecular complexity index is 583. The van der Waals surface area contributed by atoms with Crippen molar-refractivity contribution in [3.8, 4) is 11.3 Å². The third-order valence-corrected chi connectivity index (χ3v) is 3.28. The van der Waals surface area contributed by atoms with Gasteiger partial charge in [0, 0.05) is 22.1 Å². The van der Waals surface area contributed by atoms with Crippen LogP contribution in [0.2, 0.25) is 0 Å². The fourth-order valence-electron chi connectivity index (χ4n) is 2.06. The maximum atomic E-state index is 5.73. The second-order valence-corrected chi connectivity index (χ2v) is 4.86. The lowest BCUT2D eigenvalue weighted by atomic mass is 10.1. The molecule has 1 aromatic heterocycles. The van der Waals surface area contributed by atoms with Gasteiger partial charge in [-0.3, -0.25) is 0 Å². The van der Waals surface area contributed by atoms with Gasteiger partial charge in [-0.15, -0.1) is 0 Å². The average Bonchev–Trinajstić information content (AvgIpc) is 2.75. The van der Waals surface area contributed by atoms with Crippen LogP contribution in [0.15, 0.2) is 28.7 Å². The minimum Gasteiger partial charge on any atom is -0.369 e. The summed E-state index contributed by atoms with van der Waals surface area (Å²) >= 11 is 3.47. The number of fused-ring (bicyclic) bond motifs is 1. The molecule has 0 bridgehead atoms. The van der Waals surface area contributed by atoms with E-state index in [0.717, 1.165) is 40.1 Å². The smallest absolute Gasteiger partial charge is 0.222 e. The Morgan fingerprint density at radius 1 is 1.29 bits per heavy atom. The number of anilines is 2. The van der Waals surface area contributed by atoms with Crippen LogP contribution in [0.5, 0.6) is 0 Å². The number of nitrogens with zero attached hydrogens (tertiary/aromatic N) is 2. The van der Waals surface area contributed by atoms with Gasteiger partial charge in [-0.2, -0.15) is 4.98 Å². The van der Waals surface area contributed by atoms with Gasteiger partial charge < -0.3 is 11.1 Å². The summed E-state index contributed by atoms with van der Waals surface area (Å²) < 4.78 is 1.03. The van der Waals surface area contributed by atoms with Crippen LogP contribution in [-0.4, -0.2) is 16.5 Å². The molecule has 0 saturated carbocycles. The summed E-state index contributed by atoms with van der Waals surface area (Å²) in [6.45, 7) is 0.897. The molecule has 2 aromatic rings. The molecule has 4 nitrogen and oxygen atoms in total. The molecule has 0 spiro atoms. The molecule has 5 heteroatoms. The van der Waals surface area contributed by atoms with E-state index in [2.05, 4.69) is 31.2 Å². The second-order valence-electron chi connectivity index (χ2n) is 3.94. The highest BCUT2D eigenvalue weighted by molar-refractivity contribution is 9.10. The first kappa shape index (κ1) is 10.5. The van der Waals surface area contributed by atoms with Crippen molar-refractivity contribution < 1.29 is 0 Å². The zero-order chi connectivity index (χ0) is 11.8. The van der Waals surface area contributed by atoms with Gasteiger partial charge in [0.15, 0.2) is 0 Å². The standard InChI is InChI=1S/C12H11BrN4/c13-8-3-1-2-7(6-8)10-9-4-5-15-11(9)17-12(14)16-10/h1-3,6H,4-5H2,(H3,14,15,16,17). The maximum absolute atomic E-state index is 5.73. The fourth-order valence-corrected chi connectivity index (χ4v) is 2.46. The summed E-state index contributed by atoms with van der Waals surface area (Å²) in [5.41, 5.74) is 8.88. The molecule has 0 aliphatic carbocycles. The van der Waals surface area contributed by atoms with Crippen LogP contribution in [0.3, 0.4) is 0 Å². The molecule has 1 aromatic carbocycles. The van der Waals surface area contributed by atoms with E-state index in [1.54, 1.807) is 0 Å². The SMILES string of the molecule is Nc1nc2c(c(-c3cccc(Br)c3)n1)CCN2. The number of nitrogens with one attached hydrogen (secondary N) is 1. The molecule has 1 aliphatic heterocycles. The molecular formula is C12H11BrN4. The normalized spacial score (nSPS) is 13.2. The van der Waals surface area contributed by atoms with Crippen molar-refractivity contribution in [2.24, 2.45) is 0 Å². The van der Waals surface area contributed by atoms with Gasteiger partial charge in [-0.25, -0.2) is 4.98 Å². The third-order valence-electron chi connectivity index (χ3n) is 2.79. The fraction of sp³-hybridized carbons (Fsp3) is 0.167. The minimum absolute atomic E-state index is 0.313. The summed E-state index contributed by atoms with van der Waals surface area (Å²) in [6.07, 6.45) is 0.942. The first-order valence-corrected chi connectivity index (χ1v) is 6.19. The Morgan fingerprint density at radius 3 is 3.00 bits per heavy atom. The first-order valence-electron chi connectivity index (χ1n) is 5.40. The number of nitrogen functional groups attached to an aromatic ring is 1. The van der Waals surface area contributed by atoms with Crippen LogP contribution in [0, 0.1) is 0 Å². The van der Waals surface area contributed by atoms with Crippen molar-refractivity contribution in [3.63, 3.8) is 0 Å². The van der Waals surface area contributed by atoms with Gasteiger partial charge in [0.05, 0.1) is 5.69 Å². The lowest BCUT2D eigenvalue weighted by molar-refractivity contribution is 1.09. The maximum Gasteiger partial charge on any atom is 0.222 e. The summed E-state index contributed by atoms with van der Waals surface area (Å²) in [6, 6.07) is 8.06. The molecule has 0 saturated heterocycles. The van der Waals surface area contributed by atoms with Crippen molar-refractivity contribution >= 4 is 27.7 Å². The van der Waals surface area contributed by atoms with Gasteiger partial charge in [0.2, 0.25) is 5.95 Å². The molecule has 2 heterocycles. The quantitative estimate of drug-likeness (QED) is 0.847. The van der Waals surface area contributed by atoms with E-state index in [4.69, 9.17) is 5.73 Å². The van der Waals surface area contributed by atoms with Gasteiger partial charge in [0.1, 0.15) is 5.82 Å². The Hall–Kier alpha value is -1.62. The van der Waals surface area contributed by atoms with E-state index in [1.807, 2.05) is 24.3 Å². The molecule has 0 unspecified atom stereocenters. The van der Waals surface area contributed by atoms with Crippen molar-refractivity contribution in [1.82, 2.24) is 9.97 Å². The van der Waals surface area contributed by atoms with E-state index in [0.29, 0.717) is 5.95 Å². The second kappa shape index (κ2) is 4.00. The van der Waals surface area contributed by atoms with Crippen LogP contribution >= 0.6 is 15.9 Å². The molecule has 0 fully saturated rings. The van der Waals surface area contributed by atoms with Crippen molar-refractivity contribution in [2.45, 2.75) is 6.42 Å². The van der Waals surface area contributed by atoms with Gasteiger partial charge in [-0.05, 0) is 18.6 Å². The summed E-state index contributed by atoms with van der Waals surface area (Å²) in [5.74, 6) is 1.18. The van der Waals surface area contributed by atoms with Crippen LogP contribution < -0.4 is 11.1 Å². The molecule has 3 N–H and O–H groups in total. The monoisotopic (exact) mass is 290 g/mol. The lowest BCUT2D eigenvalue weighted by Gasteiger charge is -2.08. The number of aromatic nitrogens is 2. The summed E-state index contributed by atoms with van der Waals surface area (Å²) in [7, 11) is 0. The molecule has 0 atom stereocenters. The predicted octanol–water partition coefficient (Wildman–Crippen LogP) is 2.46. The molecule has 3 rings (SSSR count). The van der Waals surface area contributed by atoms with E-state index in [-0.39, 0.29) is 0 Å². The van der Waals surface area contributed by atoms with Gasteiger partial charge in [-0.1, -0.05) is 28.1 Å². The van der Waals surface area contributed by atoms with Crippen LogP contribution in [0.25, 0.3) is 11.3 Å². The molecule has 17 heavy (non-hydrogen) atoms. The third kappa shape index (κ3) is 1.86. The Morgan fingerprint density at radius 2 is 2.18 bits per heavy atom. The first-order chi connectivity index (χ1) is 8.24. The minimum atomic E-state index is 0.313. The Balaban J connectivity index is 2.21. The Kier molecular flexibility index (Phi) is 2.48. The summed E-state index contributed by atoms with van der Waals surface area (Å²) in [4.78, 5) is 8.57. The highest BCUT2D eigenvalue weighted by atomic mass is 79.9. The van der Waals surface area contributed by atoms with Gasteiger partial charge >= 0.3 is 0 Å². The van der Waals surface area contributed by atoms with Crippen molar-refractivity contribution in [2.75, 3.05) is 17.6 Å².